The lowest BCUT2D eigenvalue weighted by atomic mass is 10.0. The number of nitrogens with one attached hydrogen (secondary N) is 1. The second kappa shape index (κ2) is 8.06. The van der Waals surface area contributed by atoms with E-state index in [1.807, 2.05) is 12.3 Å². The third kappa shape index (κ3) is 5.47. The highest BCUT2D eigenvalue weighted by Crippen LogP contribution is 2.13. The van der Waals surface area contributed by atoms with Crippen molar-refractivity contribution in [1.82, 2.24) is 15.2 Å². The monoisotopic (exact) mass is 250 g/mol. The Morgan fingerprint density at radius 3 is 2.83 bits per heavy atom. The molecular formula is C14H26N4. The van der Waals surface area contributed by atoms with Crippen LogP contribution in [0.15, 0.2) is 18.5 Å². The molecule has 0 radical (unpaired) electrons. The minimum absolute atomic E-state index is 0.471. The standard InChI is InChI=1S/C14H26N4/c1-4-7-17-13(6-9-18(2)3)10-12-11-16-8-5-14(12)15/h5,8,11,13,17H,4,6-7,9-10H2,1-3H3,(H2,15,16). The maximum Gasteiger partial charge on any atom is 0.0378 e. The van der Waals surface area contributed by atoms with E-state index in [1.165, 1.54) is 0 Å². The van der Waals surface area contributed by atoms with E-state index in [0.717, 1.165) is 43.6 Å². The molecule has 0 aliphatic heterocycles. The topological polar surface area (TPSA) is 54.2 Å². The lowest BCUT2D eigenvalue weighted by Gasteiger charge is -2.21. The summed E-state index contributed by atoms with van der Waals surface area (Å²) in [6, 6.07) is 2.34. The molecule has 0 saturated heterocycles. The van der Waals surface area contributed by atoms with Crippen LogP contribution < -0.4 is 11.1 Å². The quantitative estimate of drug-likeness (QED) is 0.734. The second-order valence-corrected chi connectivity index (χ2v) is 5.02. The number of rotatable bonds is 8. The number of hydrogen-bond acceptors (Lipinski definition) is 4. The summed E-state index contributed by atoms with van der Waals surface area (Å²) in [6.45, 7) is 4.33. The van der Waals surface area contributed by atoms with Gasteiger partial charge in [-0.05, 0) is 58.1 Å². The highest BCUT2D eigenvalue weighted by molar-refractivity contribution is 5.44. The second-order valence-electron chi connectivity index (χ2n) is 5.02. The molecule has 4 nitrogen and oxygen atoms in total. The van der Waals surface area contributed by atoms with E-state index in [1.54, 1.807) is 6.20 Å². The van der Waals surface area contributed by atoms with Crippen molar-refractivity contribution in [2.75, 3.05) is 32.9 Å². The van der Waals surface area contributed by atoms with Gasteiger partial charge in [0.25, 0.3) is 0 Å². The molecule has 0 bridgehead atoms. The third-order valence-electron chi connectivity index (χ3n) is 3.02. The van der Waals surface area contributed by atoms with Gasteiger partial charge < -0.3 is 16.0 Å². The Balaban J connectivity index is 2.56. The zero-order chi connectivity index (χ0) is 13.4. The van der Waals surface area contributed by atoms with Gasteiger partial charge in [0.05, 0.1) is 0 Å². The number of nitrogens with zero attached hydrogens (tertiary/aromatic N) is 2. The molecule has 102 valence electrons. The molecule has 3 N–H and O–H groups in total. The zero-order valence-corrected chi connectivity index (χ0v) is 11.8. The molecule has 1 aromatic heterocycles. The summed E-state index contributed by atoms with van der Waals surface area (Å²) in [7, 11) is 4.21. The molecule has 1 heterocycles. The summed E-state index contributed by atoms with van der Waals surface area (Å²) in [5.41, 5.74) is 7.96. The average Bonchev–Trinajstić information content (AvgIpc) is 2.35. The molecule has 0 fully saturated rings. The normalized spacial score (nSPS) is 12.9. The Morgan fingerprint density at radius 1 is 1.44 bits per heavy atom. The van der Waals surface area contributed by atoms with Crippen molar-refractivity contribution in [3.63, 3.8) is 0 Å². The lowest BCUT2D eigenvalue weighted by Crippen LogP contribution is -2.34. The Kier molecular flexibility index (Phi) is 6.68. The van der Waals surface area contributed by atoms with Crippen LogP contribution >= 0.6 is 0 Å². The molecule has 1 aromatic rings. The lowest BCUT2D eigenvalue weighted by molar-refractivity contribution is 0.356. The SMILES string of the molecule is CCCNC(CCN(C)C)Cc1cnccc1N. The molecule has 0 aliphatic rings. The third-order valence-corrected chi connectivity index (χ3v) is 3.02. The summed E-state index contributed by atoms with van der Waals surface area (Å²) in [5, 5.41) is 3.59. The predicted octanol–water partition coefficient (Wildman–Crippen LogP) is 1.53. The van der Waals surface area contributed by atoms with E-state index in [9.17, 15) is 0 Å². The van der Waals surface area contributed by atoms with Crippen LogP contribution in [-0.2, 0) is 6.42 Å². The maximum absolute atomic E-state index is 5.98. The Morgan fingerprint density at radius 2 is 2.22 bits per heavy atom. The fourth-order valence-corrected chi connectivity index (χ4v) is 1.91. The van der Waals surface area contributed by atoms with Crippen molar-refractivity contribution >= 4 is 5.69 Å². The summed E-state index contributed by atoms with van der Waals surface area (Å²) < 4.78 is 0. The van der Waals surface area contributed by atoms with Gasteiger partial charge in [0.1, 0.15) is 0 Å². The minimum Gasteiger partial charge on any atom is -0.398 e. The fourth-order valence-electron chi connectivity index (χ4n) is 1.91. The van der Waals surface area contributed by atoms with Gasteiger partial charge in [-0.3, -0.25) is 4.98 Å². The van der Waals surface area contributed by atoms with Crippen molar-refractivity contribution in [3.8, 4) is 0 Å². The minimum atomic E-state index is 0.471. The van der Waals surface area contributed by atoms with Crippen molar-refractivity contribution < 1.29 is 0 Å². The van der Waals surface area contributed by atoms with E-state index in [4.69, 9.17) is 5.73 Å². The molecule has 18 heavy (non-hydrogen) atoms. The number of pyridine rings is 1. The first-order valence-corrected chi connectivity index (χ1v) is 6.70. The molecule has 0 spiro atoms. The smallest absolute Gasteiger partial charge is 0.0378 e. The van der Waals surface area contributed by atoms with Crippen LogP contribution in [0.4, 0.5) is 5.69 Å². The molecule has 1 rings (SSSR count). The van der Waals surface area contributed by atoms with Crippen LogP contribution in [0.2, 0.25) is 0 Å². The van der Waals surface area contributed by atoms with Gasteiger partial charge >= 0.3 is 0 Å². The number of aromatic nitrogens is 1. The molecule has 4 heteroatoms. The molecular weight excluding hydrogens is 224 g/mol. The van der Waals surface area contributed by atoms with Crippen LogP contribution in [0.25, 0.3) is 0 Å². The van der Waals surface area contributed by atoms with Crippen molar-refractivity contribution in [2.45, 2.75) is 32.2 Å². The summed E-state index contributed by atoms with van der Waals surface area (Å²) in [5.74, 6) is 0. The molecule has 0 aromatic carbocycles. The van der Waals surface area contributed by atoms with Gasteiger partial charge in [-0.15, -0.1) is 0 Å². The van der Waals surface area contributed by atoms with Crippen LogP contribution in [0.1, 0.15) is 25.3 Å². The first-order chi connectivity index (χ1) is 8.63. The Hall–Kier alpha value is -1.13. The van der Waals surface area contributed by atoms with E-state index in [-0.39, 0.29) is 0 Å². The highest BCUT2D eigenvalue weighted by Gasteiger charge is 2.11. The zero-order valence-electron chi connectivity index (χ0n) is 11.8. The van der Waals surface area contributed by atoms with E-state index < -0.39 is 0 Å². The van der Waals surface area contributed by atoms with Crippen molar-refractivity contribution in [2.24, 2.45) is 0 Å². The summed E-state index contributed by atoms with van der Waals surface area (Å²) >= 11 is 0. The highest BCUT2D eigenvalue weighted by atomic mass is 15.1. The molecule has 1 atom stereocenters. The van der Waals surface area contributed by atoms with E-state index in [0.29, 0.717) is 6.04 Å². The van der Waals surface area contributed by atoms with Crippen molar-refractivity contribution in [1.29, 1.82) is 0 Å². The van der Waals surface area contributed by atoms with Gasteiger partial charge in [-0.1, -0.05) is 6.92 Å². The van der Waals surface area contributed by atoms with Gasteiger partial charge in [0.15, 0.2) is 0 Å². The van der Waals surface area contributed by atoms with Crippen molar-refractivity contribution in [3.05, 3.63) is 24.0 Å². The van der Waals surface area contributed by atoms with Gasteiger partial charge in [0, 0.05) is 24.1 Å². The van der Waals surface area contributed by atoms with Gasteiger partial charge in [0.2, 0.25) is 0 Å². The molecule has 0 amide bonds. The molecule has 1 unspecified atom stereocenters. The van der Waals surface area contributed by atoms with Gasteiger partial charge in [-0.2, -0.15) is 0 Å². The largest absolute Gasteiger partial charge is 0.398 e. The average molecular weight is 250 g/mol. The number of nitrogen functional groups attached to an aromatic ring is 1. The maximum atomic E-state index is 5.98. The molecule has 0 saturated carbocycles. The number of anilines is 1. The van der Waals surface area contributed by atoms with Crippen LogP contribution in [-0.4, -0.2) is 43.1 Å². The Labute approximate surface area is 111 Å². The van der Waals surface area contributed by atoms with Crippen LogP contribution in [0, 0.1) is 0 Å². The fraction of sp³-hybridized carbons (Fsp3) is 0.643. The van der Waals surface area contributed by atoms with Crippen LogP contribution in [0.3, 0.4) is 0 Å². The Bertz CT molecular complexity index is 338. The first kappa shape index (κ1) is 14.9. The predicted molar refractivity (Wildman–Crippen MR) is 77.6 cm³/mol. The van der Waals surface area contributed by atoms with E-state index >= 15 is 0 Å². The first-order valence-electron chi connectivity index (χ1n) is 6.70. The van der Waals surface area contributed by atoms with Crippen LogP contribution in [0.5, 0.6) is 0 Å². The summed E-state index contributed by atoms with van der Waals surface area (Å²) in [6.07, 6.45) is 6.86. The number of nitrogens with two attached hydrogens (primary N) is 1. The molecule has 0 aliphatic carbocycles. The summed E-state index contributed by atoms with van der Waals surface area (Å²) in [4.78, 5) is 6.37. The van der Waals surface area contributed by atoms with E-state index in [2.05, 4.69) is 36.2 Å². The number of hydrogen-bond donors (Lipinski definition) is 2. The van der Waals surface area contributed by atoms with Gasteiger partial charge in [-0.25, -0.2) is 0 Å².